The first kappa shape index (κ1) is 25.7. The summed E-state index contributed by atoms with van der Waals surface area (Å²) < 4.78 is 24.8. The molecule has 174 valence electrons. The molecular weight excluding hydrogens is 526 g/mol. The molecule has 9 heteroatoms. The van der Waals surface area contributed by atoms with Crippen LogP contribution in [-0.4, -0.2) is 49.7 Å². The molecular formula is C23H30FIN4O3. The van der Waals surface area contributed by atoms with Crippen molar-refractivity contribution in [1.29, 1.82) is 0 Å². The van der Waals surface area contributed by atoms with E-state index in [4.69, 9.17) is 9.47 Å². The Morgan fingerprint density at radius 2 is 1.78 bits per heavy atom. The van der Waals surface area contributed by atoms with Gasteiger partial charge in [-0.25, -0.2) is 9.18 Å². The molecule has 1 amide bonds. The second-order valence-corrected chi connectivity index (χ2v) is 7.17. The van der Waals surface area contributed by atoms with E-state index in [2.05, 4.69) is 15.6 Å². The average Bonchev–Trinajstić information content (AvgIpc) is 2.79. The van der Waals surface area contributed by atoms with E-state index in [1.54, 1.807) is 37.1 Å². The third-order valence-corrected chi connectivity index (χ3v) is 5.06. The fourth-order valence-electron chi connectivity index (χ4n) is 3.38. The molecule has 0 aliphatic carbocycles. The minimum absolute atomic E-state index is 0. The van der Waals surface area contributed by atoms with Gasteiger partial charge in [0.25, 0.3) is 0 Å². The molecule has 7 nitrogen and oxygen atoms in total. The van der Waals surface area contributed by atoms with Crippen LogP contribution in [0, 0.1) is 5.82 Å². The Morgan fingerprint density at radius 1 is 1.12 bits per heavy atom. The van der Waals surface area contributed by atoms with Gasteiger partial charge in [0, 0.05) is 38.3 Å². The zero-order chi connectivity index (χ0) is 22.1. The Balaban J connectivity index is 0.00000363. The van der Waals surface area contributed by atoms with E-state index in [0.717, 1.165) is 18.4 Å². The maximum Gasteiger partial charge on any atom is 0.409 e. The van der Waals surface area contributed by atoms with E-state index in [-0.39, 0.29) is 41.9 Å². The van der Waals surface area contributed by atoms with E-state index < -0.39 is 5.82 Å². The zero-order valence-corrected chi connectivity index (χ0v) is 20.7. The number of nitrogens with zero attached hydrogens (tertiary/aromatic N) is 2. The number of hydrogen-bond donors (Lipinski definition) is 2. The highest BCUT2D eigenvalue weighted by Gasteiger charge is 2.24. The second-order valence-electron chi connectivity index (χ2n) is 7.17. The van der Waals surface area contributed by atoms with Gasteiger partial charge in [0.1, 0.15) is 5.75 Å². The summed E-state index contributed by atoms with van der Waals surface area (Å²) in [6.07, 6.45) is 1.37. The fourth-order valence-corrected chi connectivity index (χ4v) is 3.38. The predicted octanol–water partition coefficient (Wildman–Crippen LogP) is 4.52. The number of benzene rings is 2. The lowest BCUT2D eigenvalue weighted by atomic mass is 10.1. The molecule has 1 fully saturated rings. The smallest absolute Gasteiger partial charge is 0.409 e. The van der Waals surface area contributed by atoms with Crippen LogP contribution in [0.15, 0.2) is 53.5 Å². The Morgan fingerprint density at radius 3 is 2.44 bits per heavy atom. The standard InChI is InChI=1S/C23H29FN4O3.HI/c1-3-30-23(29)28-14-12-18(13-15-28)27-22(25-2)26-16-17-8-4-6-10-20(17)31-21-11-7-5-9-19(21)24;/h4-11,18H,3,12-16H2,1-2H3,(H2,25,26,27);1H. The van der Waals surface area contributed by atoms with E-state index in [1.807, 2.05) is 24.3 Å². The molecule has 32 heavy (non-hydrogen) atoms. The molecule has 0 radical (unpaired) electrons. The molecule has 1 saturated heterocycles. The number of rotatable bonds is 6. The van der Waals surface area contributed by atoms with Crippen LogP contribution in [-0.2, 0) is 11.3 Å². The van der Waals surface area contributed by atoms with Crippen molar-refractivity contribution in [3.63, 3.8) is 0 Å². The Hall–Kier alpha value is -2.56. The van der Waals surface area contributed by atoms with Crippen LogP contribution in [0.3, 0.4) is 0 Å². The zero-order valence-electron chi connectivity index (χ0n) is 18.3. The van der Waals surface area contributed by atoms with Crippen LogP contribution in [0.4, 0.5) is 9.18 Å². The van der Waals surface area contributed by atoms with E-state index in [0.29, 0.717) is 38.0 Å². The van der Waals surface area contributed by atoms with Gasteiger partial charge in [0.15, 0.2) is 17.5 Å². The lowest BCUT2D eigenvalue weighted by Crippen LogP contribution is -2.49. The van der Waals surface area contributed by atoms with Gasteiger partial charge in [-0.2, -0.15) is 0 Å². The summed E-state index contributed by atoms with van der Waals surface area (Å²) in [4.78, 5) is 17.9. The van der Waals surface area contributed by atoms with Crippen LogP contribution in [0.5, 0.6) is 11.5 Å². The number of likely N-dealkylation sites (tertiary alicyclic amines) is 1. The third-order valence-electron chi connectivity index (χ3n) is 5.06. The molecule has 3 rings (SSSR count). The molecule has 2 N–H and O–H groups in total. The lowest BCUT2D eigenvalue weighted by Gasteiger charge is -2.32. The highest BCUT2D eigenvalue weighted by molar-refractivity contribution is 14.0. The summed E-state index contributed by atoms with van der Waals surface area (Å²) in [5.41, 5.74) is 0.880. The van der Waals surface area contributed by atoms with Gasteiger partial charge < -0.3 is 25.0 Å². The highest BCUT2D eigenvalue weighted by atomic mass is 127. The summed E-state index contributed by atoms with van der Waals surface area (Å²) in [7, 11) is 1.71. The van der Waals surface area contributed by atoms with Gasteiger partial charge in [0.05, 0.1) is 6.61 Å². The third kappa shape index (κ3) is 7.25. The molecule has 0 saturated carbocycles. The molecule has 0 aromatic heterocycles. The van der Waals surface area contributed by atoms with Crippen LogP contribution in [0.2, 0.25) is 0 Å². The van der Waals surface area contributed by atoms with Crippen molar-refractivity contribution in [2.24, 2.45) is 4.99 Å². The number of piperidine rings is 1. The van der Waals surface area contributed by atoms with Crippen molar-refractivity contribution >= 4 is 36.0 Å². The van der Waals surface area contributed by atoms with Gasteiger partial charge in [-0.05, 0) is 38.0 Å². The van der Waals surface area contributed by atoms with Crippen molar-refractivity contribution in [3.8, 4) is 11.5 Å². The van der Waals surface area contributed by atoms with Crippen molar-refractivity contribution in [3.05, 3.63) is 59.9 Å². The highest BCUT2D eigenvalue weighted by Crippen LogP contribution is 2.27. The SMILES string of the molecule is CCOC(=O)N1CCC(NC(=NC)NCc2ccccc2Oc2ccccc2F)CC1.I. The molecule has 0 atom stereocenters. The van der Waals surface area contributed by atoms with Gasteiger partial charge in [-0.1, -0.05) is 30.3 Å². The monoisotopic (exact) mass is 556 g/mol. The summed E-state index contributed by atoms with van der Waals surface area (Å²) in [6, 6.07) is 14.0. The maximum atomic E-state index is 14.0. The molecule has 1 aliphatic rings. The number of guanidine groups is 1. The fraction of sp³-hybridized carbons (Fsp3) is 0.391. The second kappa shape index (κ2) is 13.1. The van der Waals surface area contributed by atoms with Crippen molar-refractivity contribution < 1.29 is 18.7 Å². The number of hydrogen-bond acceptors (Lipinski definition) is 4. The molecule has 0 unspecified atom stereocenters. The number of ether oxygens (including phenoxy) is 2. The van der Waals surface area contributed by atoms with E-state index in [1.165, 1.54) is 6.07 Å². The Kier molecular flexibility index (Phi) is 10.5. The van der Waals surface area contributed by atoms with Crippen molar-refractivity contribution in [2.45, 2.75) is 32.4 Å². The number of halogens is 2. The van der Waals surface area contributed by atoms with Crippen LogP contribution >= 0.6 is 24.0 Å². The quantitative estimate of drug-likeness (QED) is 0.311. The number of para-hydroxylation sites is 2. The number of amides is 1. The number of carbonyl (C=O) groups is 1. The molecule has 2 aromatic carbocycles. The first-order chi connectivity index (χ1) is 15.1. The molecule has 0 spiro atoms. The molecule has 1 aliphatic heterocycles. The Bertz CT molecular complexity index is 904. The first-order valence-corrected chi connectivity index (χ1v) is 10.5. The number of aliphatic imine (C=N–C) groups is 1. The van der Waals surface area contributed by atoms with Crippen molar-refractivity contribution in [1.82, 2.24) is 15.5 Å². The van der Waals surface area contributed by atoms with Gasteiger partial charge >= 0.3 is 6.09 Å². The summed E-state index contributed by atoms with van der Waals surface area (Å²) in [6.45, 7) is 3.95. The summed E-state index contributed by atoms with van der Waals surface area (Å²) in [5.74, 6) is 1.02. The predicted molar refractivity (Wildman–Crippen MR) is 133 cm³/mol. The lowest BCUT2D eigenvalue weighted by molar-refractivity contribution is 0.0963. The van der Waals surface area contributed by atoms with Gasteiger partial charge in [0.2, 0.25) is 0 Å². The molecule has 1 heterocycles. The minimum Gasteiger partial charge on any atom is -0.454 e. The largest absolute Gasteiger partial charge is 0.454 e. The summed E-state index contributed by atoms with van der Waals surface area (Å²) in [5, 5.41) is 6.69. The van der Waals surface area contributed by atoms with E-state index >= 15 is 0 Å². The summed E-state index contributed by atoms with van der Waals surface area (Å²) >= 11 is 0. The van der Waals surface area contributed by atoms with Gasteiger partial charge in [-0.15, -0.1) is 24.0 Å². The minimum atomic E-state index is -0.406. The number of carbonyl (C=O) groups excluding carboxylic acids is 1. The number of nitrogens with one attached hydrogen (secondary N) is 2. The average molecular weight is 556 g/mol. The maximum absolute atomic E-state index is 14.0. The first-order valence-electron chi connectivity index (χ1n) is 10.5. The van der Waals surface area contributed by atoms with E-state index in [9.17, 15) is 9.18 Å². The van der Waals surface area contributed by atoms with Crippen LogP contribution in [0.25, 0.3) is 0 Å². The van der Waals surface area contributed by atoms with Gasteiger partial charge in [-0.3, -0.25) is 4.99 Å². The molecule has 2 aromatic rings. The normalized spacial score (nSPS) is 14.3. The van der Waals surface area contributed by atoms with Crippen molar-refractivity contribution in [2.75, 3.05) is 26.7 Å². The van der Waals surface area contributed by atoms with Crippen LogP contribution in [0.1, 0.15) is 25.3 Å². The van der Waals surface area contributed by atoms with Crippen LogP contribution < -0.4 is 15.4 Å². The Labute approximate surface area is 205 Å². The molecule has 0 bridgehead atoms. The topological polar surface area (TPSA) is 75.2 Å².